The Balaban J connectivity index is 1.23. The van der Waals surface area contributed by atoms with Crippen LogP contribution in [-0.2, 0) is 11.2 Å². The van der Waals surface area contributed by atoms with Gasteiger partial charge >= 0.3 is 0 Å². The van der Waals surface area contributed by atoms with Crippen molar-refractivity contribution in [2.75, 3.05) is 6.54 Å². The molecule has 0 aliphatic carbocycles. The third kappa shape index (κ3) is 4.98. The van der Waals surface area contributed by atoms with Crippen LogP contribution in [0.2, 0.25) is 0 Å². The van der Waals surface area contributed by atoms with Gasteiger partial charge < -0.3 is 4.74 Å². The number of piperidine rings is 1. The highest BCUT2D eigenvalue weighted by atomic mass is 16.5. The van der Waals surface area contributed by atoms with Crippen LogP contribution in [0.15, 0.2) is 84.9 Å². The summed E-state index contributed by atoms with van der Waals surface area (Å²) in [6.07, 6.45) is 7.77. The predicted octanol–water partition coefficient (Wildman–Crippen LogP) is 6.73. The van der Waals surface area contributed by atoms with Crippen molar-refractivity contribution in [1.82, 2.24) is 4.90 Å². The van der Waals surface area contributed by atoms with Crippen molar-refractivity contribution in [3.8, 4) is 0 Å². The molecule has 32 heavy (non-hydrogen) atoms. The van der Waals surface area contributed by atoms with Crippen LogP contribution in [0.4, 0.5) is 0 Å². The van der Waals surface area contributed by atoms with Crippen molar-refractivity contribution in [1.29, 1.82) is 0 Å². The van der Waals surface area contributed by atoms with Crippen molar-refractivity contribution >= 4 is 0 Å². The molecule has 3 aromatic rings. The minimum atomic E-state index is 0.0193. The van der Waals surface area contributed by atoms with E-state index >= 15 is 0 Å². The molecule has 2 aliphatic heterocycles. The Labute approximate surface area is 193 Å². The van der Waals surface area contributed by atoms with E-state index < -0.39 is 0 Å². The first-order valence-electron chi connectivity index (χ1n) is 12.3. The highest BCUT2D eigenvalue weighted by Crippen LogP contribution is 2.39. The minimum absolute atomic E-state index is 0.0193. The standard InChI is InChI=1S/C30H35NO/c1-23-14-16-26(17-15-23)30(25-12-6-3-7-13-25)32-29-21-27-18-19-28(22-29)31(27)20-8-11-24-9-4-2-5-10-24/h2-7,9-10,12-17,27-30H,8,11,18-22H2,1H3/t27-,28+,29?,30?. The molecule has 2 fully saturated rings. The first-order valence-corrected chi connectivity index (χ1v) is 12.3. The average molecular weight is 426 g/mol. The molecule has 2 heterocycles. The largest absolute Gasteiger partial charge is 0.365 e. The fourth-order valence-corrected chi connectivity index (χ4v) is 5.72. The van der Waals surface area contributed by atoms with Crippen molar-refractivity contribution in [2.45, 2.75) is 69.7 Å². The van der Waals surface area contributed by atoms with Crippen LogP contribution in [0.25, 0.3) is 0 Å². The molecule has 3 aromatic carbocycles. The fraction of sp³-hybridized carbons (Fsp3) is 0.400. The van der Waals surface area contributed by atoms with Crippen LogP contribution < -0.4 is 0 Å². The van der Waals surface area contributed by atoms with E-state index in [0.29, 0.717) is 18.2 Å². The van der Waals surface area contributed by atoms with Gasteiger partial charge in [0.25, 0.3) is 0 Å². The fourth-order valence-electron chi connectivity index (χ4n) is 5.72. The topological polar surface area (TPSA) is 12.5 Å². The smallest absolute Gasteiger partial charge is 0.108 e. The molecule has 2 bridgehead atoms. The second kappa shape index (κ2) is 10.0. The lowest BCUT2D eigenvalue weighted by molar-refractivity contribution is -0.0482. The number of benzene rings is 3. The number of fused-ring (bicyclic) bond motifs is 2. The van der Waals surface area contributed by atoms with Crippen molar-refractivity contribution < 1.29 is 4.74 Å². The van der Waals surface area contributed by atoms with Crippen LogP contribution in [0, 0.1) is 6.92 Å². The van der Waals surface area contributed by atoms with Gasteiger partial charge in [0.05, 0.1) is 6.10 Å². The lowest BCUT2D eigenvalue weighted by Gasteiger charge is -2.40. The molecule has 0 saturated carbocycles. The zero-order chi connectivity index (χ0) is 21.8. The molecular formula is C30H35NO. The van der Waals surface area contributed by atoms with Gasteiger partial charge in [-0.25, -0.2) is 0 Å². The molecule has 2 saturated heterocycles. The molecular weight excluding hydrogens is 390 g/mol. The van der Waals surface area contributed by atoms with Crippen LogP contribution in [0.3, 0.4) is 0 Å². The zero-order valence-corrected chi connectivity index (χ0v) is 19.2. The minimum Gasteiger partial charge on any atom is -0.365 e. The molecule has 0 amide bonds. The maximum absolute atomic E-state index is 6.88. The van der Waals surface area contributed by atoms with Crippen molar-refractivity contribution in [3.63, 3.8) is 0 Å². The second-order valence-corrected chi connectivity index (χ2v) is 9.64. The summed E-state index contributed by atoms with van der Waals surface area (Å²) in [6, 6.07) is 31.9. The normalized spacial score (nSPS) is 23.8. The van der Waals surface area contributed by atoms with E-state index in [4.69, 9.17) is 4.74 Å². The number of aryl methyl sites for hydroxylation is 2. The maximum Gasteiger partial charge on any atom is 0.108 e. The lowest BCUT2D eigenvalue weighted by atomic mass is 9.96. The first-order chi connectivity index (χ1) is 15.8. The zero-order valence-electron chi connectivity index (χ0n) is 19.2. The van der Waals surface area contributed by atoms with Gasteiger partial charge in [-0.2, -0.15) is 0 Å². The molecule has 0 spiro atoms. The number of rotatable bonds is 8. The highest BCUT2D eigenvalue weighted by molar-refractivity contribution is 5.32. The van der Waals surface area contributed by atoms with Crippen LogP contribution >= 0.6 is 0 Å². The van der Waals surface area contributed by atoms with E-state index in [1.807, 2.05) is 0 Å². The molecule has 0 aromatic heterocycles. The van der Waals surface area contributed by atoms with Crippen LogP contribution in [-0.4, -0.2) is 29.6 Å². The lowest BCUT2D eigenvalue weighted by Crippen LogP contribution is -2.46. The van der Waals surface area contributed by atoms with E-state index in [1.165, 1.54) is 54.5 Å². The molecule has 166 valence electrons. The Morgan fingerprint density at radius 1 is 0.781 bits per heavy atom. The SMILES string of the molecule is Cc1ccc(C(OC2C[C@H]3CC[C@@H](C2)N3CCCc2ccccc2)c2ccccc2)cc1. The first kappa shape index (κ1) is 21.4. The van der Waals surface area contributed by atoms with Gasteiger partial charge in [0.1, 0.15) is 6.10 Å². The van der Waals surface area contributed by atoms with E-state index in [9.17, 15) is 0 Å². The summed E-state index contributed by atoms with van der Waals surface area (Å²) in [5, 5.41) is 0. The number of hydrogen-bond acceptors (Lipinski definition) is 2. The van der Waals surface area contributed by atoms with Gasteiger partial charge in [-0.15, -0.1) is 0 Å². The van der Waals surface area contributed by atoms with E-state index in [0.717, 1.165) is 12.8 Å². The Hall–Kier alpha value is -2.42. The van der Waals surface area contributed by atoms with Gasteiger partial charge in [0, 0.05) is 12.1 Å². The summed E-state index contributed by atoms with van der Waals surface area (Å²) in [5.74, 6) is 0. The molecule has 2 nitrogen and oxygen atoms in total. The van der Waals surface area contributed by atoms with Crippen molar-refractivity contribution in [3.05, 3.63) is 107 Å². The molecule has 0 radical (unpaired) electrons. The highest BCUT2D eigenvalue weighted by Gasteiger charge is 2.41. The molecule has 5 rings (SSSR count). The van der Waals surface area contributed by atoms with Crippen molar-refractivity contribution in [2.24, 2.45) is 0 Å². The second-order valence-electron chi connectivity index (χ2n) is 9.64. The summed E-state index contributed by atoms with van der Waals surface area (Å²) in [6.45, 7) is 3.37. The number of hydrogen-bond donors (Lipinski definition) is 0. The molecule has 2 aliphatic rings. The third-order valence-corrected chi connectivity index (χ3v) is 7.38. The Morgan fingerprint density at radius 3 is 2.03 bits per heavy atom. The van der Waals surface area contributed by atoms with Gasteiger partial charge in [0.2, 0.25) is 0 Å². The average Bonchev–Trinajstić information content (AvgIpc) is 3.07. The number of ether oxygens (including phenoxy) is 1. The summed E-state index contributed by atoms with van der Waals surface area (Å²) in [4.78, 5) is 2.80. The summed E-state index contributed by atoms with van der Waals surface area (Å²) < 4.78 is 6.88. The Kier molecular flexibility index (Phi) is 6.71. The maximum atomic E-state index is 6.88. The van der Waals surface area contributed by atoms with Gasteiger partial charge in [-0.3, -0.25) is 4.90 Å². The monoisotopic (exact) mass is 425 g/mol. The van der Waals surface area contributed by atoms with Gasteiger partial charge in [-0.1, -0.05) is 90.5 Å². The summed E-state index contributed by atoms with van der Waals surface area (Å²) in [5.41, 5.74) is 5.28. The van der Waals surface area contributed by atoms with Gasteiger partial charge in [-0.05, 0) is 68.7 Å². The van der Waals surface area contributed by atoms with Gasteiger partial charge in [0.15, 0.2) is 0 Å². The quantitative estimate of drug-likeness (QED) is 0.397. The summed E-state index contributed by atoms with van der Waals surface area (Å²) in [7, 11) is 0. The third-order valence-electron chi connectivity index (χ3n) is 7.38. The van der Waals surface area contributed by atoms with Crippen LogP contribution in [0.5, 0.6) is 0 Å². The van der Waals surface area contributed by atoms with E-state index in [-0.39, 0.29) is 6.10 Å². The molecule has 2 heteroatoms. The Morgan fingerprint density at radius 2 is 1.38 bits per heavy atom. The predicted molar refractivity (Wildman–Crippen MR) is 132 cm³/mol. The summed E-state index contributed by atoms with van der Waals surface area (Å²) >= 11 is 0. The van der Waals surface area contributed by atoms with E-state index in [1.54, 1.807) is 0 Å². The molecule has 0 N–H and O–H groups in total. The van der Waals surface area contributed by atoms with Crippen LogP contribution in [0.1, 0.15) is 60.5 Å². The molecule has 2 unspecified atom stereocenters. The Bertz CT molecular complexity index is 955. The number of nitrogens with zero attached hydrogens (tertiary/aromatic N) is 1. The van der Waals surface area contributed by atoms with E-state index in [2.05, 4.69) is 96.8 Å². The molecule has 4 atom stereocenters.